The zero-order valence-corrected chi connectivity index (χ0v) is 17.3. The molecular weight excluding hydrogens is 430 g/mol. The Kier molecular flexibility index (Phi) is 6.63. The average Bonchev–Trinajstić information content (AvgIpc) is 2.84. The molecule has 3 aromatic rings. The van der Waals surface area contributed by atoms with Gasteiger partial charge in [-0.3, -0.25) is 9.59 Å². The molecule has 5 atom stereocenters. The van der Waals surface area contributed by atoms with Gasteiger partial charge in [-0.05, 0) is 5.56 Å². The number of hydrogen-bond donors (Lipinski definition) is 6. The largest absolute Gasteiger partial charge is 0.394 e. The highest BCUT2D eigenvalue weighted by molar-refractivity contribution is 6.03. The Morgan fingerprint density at radius 1 is 0.970 bits per heavy atom. The van der Waals surface area contributed by atoms with Crippen molar-refractivity contribution in [3.8, 4) is 22.4 Å². The molecule has 172 valence electrons. The fourth-order valence-electron chi connectivity index (χ4n) is 3.83. The molecule has 10 nitrogen and oxygen atoms in total. The van der Waals surface area contributed by atoms with E-state index in [1.807, 2.05) is 6.07 Å². The molecule has 33 heavy (non-hydrogen) atoms. The van der Waals surface area contributed by atoms with Crippen LogP contribution in [-0.2, 0) is 4.74 Å². The Labute approximate surface area is 188 Å². The lowest BCUT2D eigenvalue weighted by molar-refractivity contribution is -0.252. The summed E-state index contributed by atoms with van der Waals surface area (Å²) in [4.78, 5) is 26.1. The molecule has 0 radical (unpaired) electrons. The normalized spacial score (nSPS) is 24.9. The fourth-order valence-corrected chi connectivity index (χ4v) is 3.83. The van der Waals surface area contributed by atoms with Crippen molar-refractivity contribution in [1.82, 2.24) is 15.5 Å². The van der Waals surface area contributed by atoms with Crippen LogP contribution in [0.3, 0.4) is 0 Å². The fraction of sp³-hybridized carbons (Fsp3) is 0.261. The van der Waals surface area contributed by atoms with Gasteiger partial charge < -0.3 is 30.5 Å². The Balaban J connectivity index is 1.79. The van der Waals surface area contributed by atoms with Crippen LogP contribution < -0.4 is 10.9 Å². The van der Waals surface area contributed by atoms with E-state index in [-0.39, 0.29) is 11.1 Å². The molecular formula is C23H23N3O7. The molecule has 0 saturated carbocycles. The van der Waals surface area contributed by atoms with Crippen molar-refractivity contribution >= 4 is 5.91 Å². The minimum atomic E-state index is -1.72. The van der Waals surface area contributed by atoms with Crippen LogP contribution in [0.1, 0.15) is 10.4 Å². The molecule has 2 heterocycles. The number of nitrogens with zero attached hydrogens (tertiary/aromatic N) is 1. The standard InChI is InChI=1S/C23H23N3O7/c27-11-14-19(28)20(29)18(23(32)33-14)24-21(30)16-15(12-7-3-1-4-8-12)17(25-26-22(16)31)13-9-5-2-6-10-13/h1-10,14,18-20,23,27-29,32H,11H2,(H,24,30)(H,26,31)/t14-,18?,19?,20-,23?/m1/s1. The number of amides is 1. The number of ether oxygens (including phenoxy) is 1. The lowest BCUT2D eigenvalue weighted by atomic mass is 9.94. The van der Waals surface area contributed by atoms with E-state index >= 15 is 0 Å². The number of hydrogen-bond acceptors (Lipinski definition) is 8. The first kappa shape index (κ1) is 22.8. The molecule has 0 aliphatic carbocycles. The zero-order valence-electron chi connectivity index (χ0n) is 17.3. The molecule has 1 aliphatic heterocycles. The Hall–Kier alpha value is -3.41. The van der Waals surface area contributed by atoms with Crippen LogP contribution in [0.4, 0.5) is 0 Å². The second-order valence-electron chi connectivity index (χ2n) is 7.61. The van der Waals surface area contributed by atoms with Crippen LogP contribution in [0.15, 0.2) is 65.5 Å². The molecule has 2 aromatic carbocycles. The van der Waals surface area contributed by atoms with Crippen molar-refractivity contribution in [2.75, 3.05) is 6.61 Å². The highest BCUT2D eigenvalue weighted by Gasteiger charge is 2.44. The monoisotopic (exact) mass is 453 g/mol. The minimum absolute atomic E-state index is 0.262. The van der Waals surface area contributed by atoms with Crippen LogP contribution >= 0.6 is 0 Å². The third-order valence-electron chi connectivity index (χ3n) is 5.52. The molecule has 1 aliphatic rings. The minimum Gasteiger partial charge on any atom is -0.394 e. The highest BCUT2D eigenvalue weighted by Crippen LogP contribution is 2.31. The first-order valence-corrected chi connectivity index (χ1v) is 10.3. The van der Waals surface area contributed by atoms with Crippen molar-refractivity contribution < 1.29 is 30.0 Å². The van der Waals surface area contributed by atoms with Crippen LogP contribution in [0.2, 0.25) is 0 Å². The Morgan fingerprint density at radius 3 is 2.18 bits per heavy atom. The number of rotatable bonds is 5. The molecule has 6 N–H and O–H groups in total. The maximum absolute atomic E-state index is 13.3. The van der Waals surface area contributed by atoms with Gasteiger partial charge >= 0.3 is 0 Å². The van der Waals surface area contributed by atoms with E-state index in [4.69, 9.17) is 4.74 Å². The summed E-state index contributed by atoms with van der Waals surface area (Å²) in [5.74, 6) is -0.906. The van der Waals surface area contributed by atoms with Gasteiger partial charge in [-0.15, -0.1) is 0 Å². The molecule has 3 unspecified atom stereocenters. The topological polar surface area (TPSA) is 165 Å². The summed E-state index contributed by atoms with van der Waals surface area (Å²) in [6.07, 6.45) is -6.16. The molecule has 0 bridgehead atoms. The summed E-state index contributed by atoms with van der Waals surface area (Å²) in [7, 11) is 0. The van der Waals surface area contributed by atoms with E-state index in [1.54, 1.807) is 54.6 Å². The first-order chi connectivity index (χ1) is 15.9. The number of aliphatic hydroxyl groups excluding tert-OH is 4. The number of benzene rings is 2. The molecule has 1 aromatic heterocycles. The van der Waals surface area contributed by atoms with E-state index in [2.05, 4.69) is 15.5 Å². The molecule has 1 amide bonds. The summed E-state index contributed by atoms with van der Waals surface area (Å²) >= 11 is 0. The van der Waals surface area contributed by atoms with E-state index < -0.39 is 48.7 Å². The van der Waals surface area contributed by atoms with Crippen molar-refractivity contribution in [1.29, 1.82) is 0 Å². The molecule has 0 spiro atoms. The van der Waals surface area contributed by atoms with Crippen molar-refractivity contribution in [2.45, 2.75) is 30.6 Å². The molecule has 1 saturated heterocycles. The number of carbonyl (C=O) groups is 1. The quantitative estimate of drug-likeness (QED) is 0.305. The van der Waals surface area contributed by atoms with Crippen molar-refractivity contribution in [2.24, 2.45) is 0 Å². The van der Waals surface area contributed by atoms with E-state index in [0.717, 1.165) is 0 Å². The van der Waals surface area contributed by atoms with E-state index in [1.165, 1.54) is 0 Å². The zero-order chi connectivity index (χ0) is 23.5. The van der Waals surface area contributed by atoms with Gasteiger partial charge in [-0.2, -0.15) is 5.10 Å². The third kappa shape index (κ3) is 4.42. The predicted molar refractivity (Wildman–Crippen MR) is 117 cm³/mol. The number of aromatic amines is 1. The maximum Gasteiger partial charge on any atom is 0.277 e. The number of H-pyrrole nitrogens is 1. The molecule has 10 heteroatoms. The lowest BCUT2D eigenvalue weighted by Gasteiger charge is -2.40. The summed E-state index contributed by atoms with van der Waals surface area (Å²) in [6.45, 7) is -0.640. The summed E-state index contributed by atoms with van der Waals surface area (Å²) in [6, 6.07) is 16.3. The van der Waals surface area contributed by atoms with E-state index in [0.29, 0.717) is 16.8 Å². The number of carbonyl (C=O) groups excluding carboxylic acids is 1. The van der Waals surface area contributed by atoms with Crippen molar-refractivity contribution in [3.05, 3.63) is 76.6 Å². The first-order valence-electron chi connectivity index (χ1n) is 10.3. The molecule has 4 rings (SSSR count). The number of aliphatic hydroxyl groups is 4. The summed E-state index contributed by atoms with van der Waals surface area (Å²) in [5.41, 5.74) is 0.768. The predicted octanol–water partition coefficient (Wildman–Crippen LogP) is -0.366. The lowest BCUT2D eigenvalue weighted by Crippen LogP contribution is -2.64. The van der Waals surface area contributed by atoms with Gasteiger partial charge in [0, 0.05) is 11.1 Å². The number of aromatic nitrogens is 2. The van der Waals surface area contributed by atoms with Gasteiger partial charge in [0.25, 0.3) is 11.5 Å². The second kappa shape index (κ2) is 9.61. The SMILES string of the molecule is O=C(NC1C(O)O[C@H](CO)C(O)[C@@H]1O)c1c(-c2ccccc2)c(-c2ccccc2)n[nH]c1=O. The summed E-state index contributed by atoms with van der Waals surface area (Å²) < 4.78 is 5.09. The van der Waals surface area contributed by atoms with Gasteiger partial charge in [-0.1, -0.05) is 60.7 Å². The average molecular weight is 453 g/mol. The second-order valence-corrected chi connectivity index (χ2v) is 7.61. The van der Waals surface area contributed by atoms with Gasteiger partial charge in [0.15, 0.2) is 6.29 Å². The maximum atomic E-state index is 13.3. The van der Waals surface area contributed by atoms with Crippen LogP contribution in [0.5, 0.6) is 0 Å². The van der Waals surface area contributed by atoms with Gasteiger partial charge in [0.2, 0.25) is 0 Å². The van der Waals surface area contributed by atoms with Crippen LogP contribution in [0, 0.1) is 0 Å². The smallest absolute Gasteiger partial charge is 0.277 e. The van der Waals surface area contributed by atoms with E-state index in [9.17, 15) is 30.0 Å². The Bertz CT molecular complexity index is 1170. The third-order valence-corrected chi connectivity index (χ3v) is 5.52. The highest BCUT2D eigenvalue weighted by atomic mass is 16.6. The van der Waals surface area contributed by atoms with Gasteiger partial charge in [-0.25, -0.2) is 5.10 Å². The molecule has 1 fully saturated rings. The van der Waals surface area contributed by atoms with Gasteiger partial charge in [0.1, 0.15) is 29.9 Å². The Morgan fingerprint density at radius 2 is 1.58 bits per heavy atom. The van der Waals surface area contributed by atoms with Gasteiger partial charge in [0.05, 0.1) is 12.3 Å². The summed E-state index contributed by atoms with van der Waals surface area (Å²) in [5, 5.41) is 48.8. The van der Waals surface area contributed by atoms with Crippen LogP contribution in [0.25, 0.3) is 22.4 Å². The van der Waals surface area contributed by atoms with Crippen molar-refractivity contribution in [3.63, 3.8) is 0 Å². The van der Waals surface area contributed by atoms with Crippen LogP contribution in [-0.4, -0.2) is 73.8 Å². The number of nitrogens with one attached hydrogen (secondary N) is 2.